The Hall–Kier alpha value is -1.26. The fourth-order valence-electron chi connectivity index (χ4n) is 2.30. The summed E-state index contributed by atoms with van der Waals surface area (Å²) in [6.07, 6.45) is 2.07. The summed E-state index contributed by atoms with van der Waals surface area (Å²) in [5.41, 5.74) is 1.15. The molecule has 19 heavy (non-hydrogen) atoms. The van der Waals surface area contributed by atoms with Gasteiger partial charge in [0.15, 0.2) is 0 Å². The van der Waals surface area contributed by atoms with Gasteiger partial charge in [-0.1, -0.05) is 6.92 Å². The number of rotatable bonds is 5. The second-order valence-corrected chi connectivity index (χ2v) is 5.14. The third-order valence-electron chi connectivity index (χ3n) is 3.51. The van der Waals surface area contributed by atoms with E-state index in [0.29, 0.717) is 0 Å². The van der Waals surface area contributed by atoms with Crippen LogP contribution in [-0.2, 0) is 0 Å². The minimum atomic E-state index is 0.210. The van der Waals surface area contributed by atoms with Crippen LogP contribution in [0.25, 0.3) is 0 Å². The normalized spacial score (nSPS) is 20.1. The lowest BCUT2D eigenvalue weighted by atomic mass is 10.0. The average molecular weight is 265 g/mol. The topological polar surface area (TPSA) is 50.7 Å². The molecular formula is C15H23NO3. The number of fused-ring (bicyclic) bond motifs is 1. The molecule has 0 saturated carbocycles. The molecule has 0 fully saturated rings. The Morgan fingerprint density at radius 1 is 1.53 bits per heavy atom. The number of hydrogen-bond acceptors (Lipinski definition) is 4. The summed E-state index contributed by atoms with van der Waals surface area (Å²) in [4.78, 5) is 0. The Kier molecular flexibility index (Phi) is 5.05. The molecular weight excluding hydrogens is 242 g/mol. The molecule has 4 nitrogen and oxygen atoms in total. The molecule has 0 spiro atoms. The molecule has 1 aromatic carbocycles. The minimum absolute atomic E-state index is 0.210. The summed E-state index contributed by atoms with van der Waals surface area (Å²) in [5.74, 6) is 2.05. The van der Waals surface area contributed by atoms with Gasteiger partial charge in [0.25, 0.3) is 0 Å². The van der Waals surface area contributed by atoms with Gasteiger partial charge in [-0.05, 0) is 37.0 Å². The van der Waals surface area contributed by atoms with E-state index in [9.17, 15) is 0 Å². The number of nitrogens with one attached hydrogen (secondary N) is 1. The van der Waals surface area contributed by atoms with Gasteiger partial charge in [0.1, 0.15) is 11.5 Å². The Morgan fingerprint density at radius 2 is 2.37 bits per heavy atom. The van der Waals surface area contributed by atoms with Crippen molar-refractivity contribution in [3.63, 3.8) is 0 Å². The number of aliphatic hydroxyl groups is 1. The lowest BCUT2D eigenvalue weighted by Gasteiger charge is -2.20. The van der Waals surface area contributed by atoms with Crippen LogP contribution in [0.4, 0.5) is 0 Å². The van der Waals surface area contributed by atoms with E-state index in [0.717, 1.165) is 43.1 Å². The summed E-state index contributed by atoms with van der Waals surface area (Å²) in [7, 11) is 1.68. The Balaban J connectivity index is 2.15. The number of benzene rings is 1. The van der Waals surface area contributed by atoms with E-state index in [1.54, 1.807) is 7.11 Å². The molecule has 2 atom stereocenters. The van der Waals surface area contributed by atoms with Gasteiger partial charge in [0.2, 0.25) is 0 Å². The summed E-state index contributed by atoms with van der Waals surface area (Å²) in [6.45, 7) is 3.80. The lowest BCUT2D eigenvalue weighted by molar-refractivity contribution is 0.229. The quantitative estimate of drug-likeness (QED) is 0.856. The smallest absolute Gasteiger partial charge is 0.124 e. The van der Waals surface area contributed by atoms with E-state index in [1.807, 2.05) is 25.1 Å². The maximum atomic E-state index is 9.11. The van der Waals surface area contributed by atoms with Crippen LogP contribution in [0.3, 0.4) is 0 Å². The van der Waals surface area contributed by atoms with Crippen LogP contribution >= 0.6 is 0 Å². The molecule has 4 heteroatoms. The van der Waals surface area contributed by atoms with E-state index in [1.165, 1.54) is 0 Å². The molecule has 0 amide bonds. The molecule has 1 aliphatic heterocycles. The molecule has 1 heterocycles. The Bertz CT molecular complexity index is 408. The van der Waals surface area contributed by atoms with E-state index < -0.39 is 0 Å². The fraction of sp³-hybridized carbons (Fsp3) is 0.600. The Labute approximate surface area is 114 Å². The first-order valence-corrected chi connectivity index (χ1v) is 6.89. The molecule has 0 radical (unpaired) electrons. The van der Waals surface area contributed by atoms with Crippen molar-refractivity contribution < 1.29 is 14.6 Å². The van der Waals surface area contributed by atoms with Crippen LogP contribution in [0.5, 0.6) is 11.5 Å². The minimum Gasteiger partial charge on any atom is -0.497 e. The molecule has 1 aromatic rings. The van der Waals surface area contributed by atoms with Crippen LogP contribution in [0.2, 0.25) is 0 Å². The predicted octanol–water partition coefficient (Wildman–Crippen LogP) is 2.13. The van der Waals surface area contributed by atoms with Crippen molar-refractivity contribution in [3.8, 4) is 11.5 Å². The van der Waals surface area contributed by atoms with Crippen LogP contribution in [0.15, 0.2) is 18.2 Å². The largest absolute Gasteiger partial charge is 0.497 e. The lowest BCUT2D eigenvalue weighted by Crippen LogP contribution is -2.27. The molecule has 106 valence electrons. The van der Waals surface area contributed by atoms with E-state index in [2.05, 4.69) is 5.32 Å². The molecule has 0 saturated heterocycles. The highest BCUT2D eigenvalue weighted by Crippen LogP contribution is 2.34. The van der Waals surface area contributed by atoms with Crippen LogP contribution < -0.4 is 14.8 Å². The fourth-order valence-corrected chi connectivity index (χ4v) is 2.30. The third-order valence-corrected chi connectivity index (χ3v) is 3.51. The maximum absolute atomic E-state index is 9.11. The van der Waals surface area contributed by atoms with Gasteiger partial charge in [-0.25, -0.2) is 0 Å². The monoisotopic (exact) mass is 265 g/mol. The summed E-state index contributed by atoms with van der Waals surface area (Å²) < 4.78 is 11.1. The second-order valence-electron chi connectivity index (χ2n) is 5.14. The van der Waals surface area contributed by atoms with Crippen molar-refractivity contribution in [2.75, 3.05) is 26.9 Å². The number of aliphatic hydroxyl groups excluding tert-OH is 1. The zero-order chi connectivity index (χ0) is 13.7. The first kappa shape index (κ1) is 14.2. The van der Waals surface area contributed by atoms with Crippen molar-refractivity contribution in [3.05, 3.63) is 23.8 Å². The van der Waals surface area contributed by atoms with Crippen LogP contribution in [0, 0.1) is 5.92 Å². The molecule has 1 aliphatic rings. The average Bonchev–Trinajstić information content (AvgIpc) is 2.66. The van der Waals surface area contributed by atoms with Gasteiger partial charge in [0.05, 0.1) is 13.7 Å². The highest BCUT2D eigenvalue weighted by atomic mass is 16.5. The van der Waals surface area contributed by atoms with Gasteiger partial charge in [-0.3, -0.25) is 0 Å². The molecule has 2 N–H and O–H groups in total. The molecule has 0 bridgehead atoms. The van der Waals surface area contributed by atoms with E-state index >= 15 is 0 Å². The SMILES string of the molecule is COc1ccc2c(c1)C(NCC(C)CO)CCCO2. The first-order chi connectivity index (χ1) is 9.24. The van der Waals surface area contributed by atoms with E-state index in [4.69, 9.17) is 14.6 Å². The predicted molar refractivity (Wildman–Crippen MR) is 74.7 cm³/mol. The summed E-state index contributed by atoms with van der Waals surface area (Å²) >= 11 is 0. The molecule has 2 unspecified atom stereocenters. The zero-order valence-electron chi connectivity index (χ0n) is 11.7. The second kappa shape index (κ2) is 6.78. The van der Waals surface area contributed by atoms with Crippen LogP contribution in [-0.4, -0.2) is 32.0 Å². The van der Waals surface area contributed by atoms with Gasteiger partial charge in [-0.2, -0.15) is 0 Å². The summed E-state index contributed by atoms with van der Waals surface area (Å²) in [5, 5.41) is 12.6. The third kappa shape index (κ3) is 3.61. The van der Waals surface area contributed by atoms with Crippen molar-refractivity contribution in [1.82, 2.24) is 5.32 Å². The molecule has 0 aromatic heterocycles. The van der Waals surface area contributed by atoms with Crippen LogP contribution in [0.1, 0.15) is 31.4 Å². The van der Waals surface area contributed by atoms with Crippen molar-refractivity contribution in [2.24, 2.45) is 5.92 Å². The van der Waals surface area contributed by atoms with Crippen molar-refractivity contribution >= 4 is 0 Å². The number of hydrogen-bond donors (Lipinski definition) is 2. The molecule has 0 aliphatic carbocycles. The van der Waals surface area contributed by atoms with Gasteiger partial charge in [-0.15, -0.1) is 0 Å². The van der Waals surface area contributed by atoms with Gasteiger partial charge < -0.3 is 19.9 Å². The highest BCUT2D eigenvalue weighted by Gasteiger charge is 2.20. The van der Waals surface area contributed by atoms with Gasteiger partial charge >= 0.3 is 0 Å². The standard InChI is InChI=1S/C15H23NO3/c1-11(10-17)9-16-14-4-3-7-19-15-6-5-12(18-2)8-13(14)15/h5-6,8,11,14,16-17H,3-4,7,9-10H2,1-2H3. The first-order valence-electron chi connectivity index (χ1n) is 6.89. The van der Waals surface area contributed by atoms with Crippen molar-refractivity contribution in [2.45, 2.75) is 25.8 Å². The maximum Gasteiger partial charge on any atom is 0.124 e. The van der Waals surface area contributed by atoms with Gasteiger partial charge in [0, 0.05) is 24.8 Å². The number of ether oxygens (including phenoxy) is 2. The number of methoxy groups -OCH3 is 1. The zero-order valence-corrected chi connectivity index (χ0v) is 11.7. The van der Waals surface area contributed by atoms with Crippen molar-refractivity contribution in [1.29, 1.82) is 0 Å². The Morgan fingerprint density at radius 3 is 3.11 bits per heavy atom. The summed E-state index contributed by atoms with van der Waals surface area (Å²) in [6, 6.07) is 6.21. The molecule has 2 rings (SSSR count). The van der Waals surface area contributed by atoms with E-state index in [-0.39, 0.29) is 18.6 Å². The highest BCUT2D eigenvalue weighted by molar-refractivity contribution is 5.42.